The van der Waals surface area contributed by atoms with Gasteiger partial charge in [-0.05, 0) is 35.0 Å². The van der Waals surface area contributed by atoms with Crippen LogP contribution in [-0.2, 0) is 14.8 Å². The molecule has 4 N–H and O–H groups in total. The highest BCUT2D eigenvalue weighted by atomic mass is 79.9. The molecule has 19 heavy (non-hydrogen) atoms. The van der Waals surface area contributed by atoms with Gasteiger partial charge in [0.05, 0.1) is 16.7 Å². The van der Waals surface area contributed by atoms with Crippen molar-refractivity contribution in [1.29, 1.82) is 0 Å². The molecule has 1 aromatic carbocycles. The Morgan fingerprint density at radius 1 is 1.47 bits per heavy atom. The highest BCUT2D eigenvalue weighted by molar-refractivity contribution is 9.10. The van der Waals surface area contributed by atoms with E-state index in [1.54, 1.807) is 6.92 Å². The molecule has 1 aromatic rings. The number of likely N-dealkylation sites (N-methyl/N-ethyl adjacent to an activating group) is 1. The summed E-state index contributed by atoms with van der Waals surface area (Å²) in [6.45, 7) is 1.69. The predicted octanol–water partition coefficient (Wildman–Crippen LogP) is 0.585. The summed E-state index contributed by atoms with van der Waals surface area (Å²) in [7, 11) is -3.98. The molecule has 0 heterocycles. The summed E-state index contributed by atoms with van der Waals surface area (Å²) in [5.41, 5.74) is 5.23. The van der Waals surface area contributed by atoms with Gasteiger partial charge in [0, 0.05) is 6.54 Å². The SMILES string of the molecule is CCNC(=O)CNS(=O)(=O)c1cc(Br)c(F)cc1N. The minimum absolute atomic E-state index is 0.0277. The van der Waals surface area contributed by atoms with Gasteiger partial charge in [0.2, 0.25) is 15.9 Å². The van der Waals surface area contributed by atoms with Crippen molar-refractivity contribution in [2.75, 3.05) is 18.8 Å². The fourth-order valence-electron chi connectivity index (χ4n) is 1.27. The van der Waals surface area contributed by atoms with Crippen molar-refractivity contribution >= 4 is 37.5 Å². The second-order valence-corrected chi connectivity index (χ2v) is 6.17. The quantitative estimate of drug-likeness (QED) is 0.674. The maximum Gasteiger partial charge on any atom is 0.243 e. The third kappa shape index (κ3) is 4.15. The molecule has 0 saturated carbocycles. The van der Waals surface area contributed by atoms with Gasteiger partial charge in [-0.15, -0.1) is 0 Å². The number of hydrogen-bond acceptors (Lipinski definition) is 4. The molecule has 6 nitrogen and oxygen atoms in total. The first-order valence-corrected chi connectivity index (χ1v) is 7.56. The molecule has 0 saturated heterocycles. The smallest absolute Gasteiger partial charge is 0.243 e. The maximum atomic E-state index is 13.2. The van der Waals surface area contributed by atoms with E-state index in [2.05, 4.69) is 26.0 Å². The Bertz CT molecular complexity index is 592. The van der Waals surface area contributed by atoms with Gasteiger partial charge in [0.25, 0.3) is 0 Å². The highest BCUT2D eigenvalue weighted by Gasteiger charge is 2.20. The Kier molecular flexibility index (Phi) is 5.27. The van der Waals surface area contributed by atoms with Gasteiger partial charge in [-0.1, -0.05) is 0 Å². The van der Waals surface area contributed by atoms with Crippen molar-refractivity contribution in [2.24, 2.45) is 0 Å². The van der Waals surface area contributed by atoms with Crippen LogP contribution in [0.3, 0.4) is 0 Å². The molecule has 0 aromatic heterocycles. The first kappa shape index (κ1) is 15.9. The second kappa shape index (κ2) is 6.31. The molecule has 0 unspecified atom stereocenters. The van der Waals surface area contributed by atoms with Crippen LogP contribution < -0.4 is 15.8 Å². The summed E-state index contributed by atoms with van der Waals surface area (Å²) in [5.74, 6) is -1.13. The number of sulfonamides is 1. The molecule has 0 aliphatic carbocycles. The molecular formula is C10H13BrFN3O3S. The van der Waals surface area contributed by atoms with Crippen LogP contribution in [0.5, 0.6) is 0 Å². The number of benzene rings is 1. The lowest BCUT2D eigenvalue weighted by Crippen LogP contribution is -2.37. The van der Waals surface area contributed by atoms with E-state index in [9.17, 15) is 17.6 Å². The topological polar surface area (TPSA) is 101 Å². The van der Waals surface area contributed by atoms with E-state index in [0.717, 1.165) is 12.1 Å². The lowest BCUT2D eigenvalue weighted by atomic mass is 10.3. The number of nitrogen functional groups attached to an aromatic ring is 1. The summed E-state index contributed by atoms with van der Waals surface area (Å²) in [6, 6.07) is 1.94. The minimum Gasteiger partial charge on any atom is -0.398 e. The lowest BCUT2D eigenvalue weighted by Gasteiger charge is -2.10. The van der Waals surface area contributed by atoms with Crippen LogP contribution in [0.15, 0.2) is 21.5 Å². The van der Waals surface area contributed by atoms with E-state index in [1.165, 1.54) is 0 Å². The van der Waals surface area contributed by atoms with E-state index in [0.29, 0.717) is 6.54 Å². The van der Waals surface area contributed by atoms with Gasteiger partial charge in [0.1, 0.15) is 10.7 Å². The summed E-state index contributed by atoms with van der Waals surface area (Å²) in [6.07, 6.45) is 0. The van der Waals surface area contributed by atoms with Crippen molar-refractivity contribution in [1.82, 2.24) is 10.0 Å². The predicted molar refractivity (Wildman–Crippen MR) is 72.4 cm³/mol. The first-order valence-electron chi connectivity index (χ1n) is 5.28. The van der Waals surface area contributed by atoms with Crippen LogP contribution in [0, 0.1) is 5.82 Å². The normalized spacial score (nSPS) is 11.3. The van der Waals surface area contributed by atoms with Crippen molar-refractivity contribution in [3.8, 4) is 0 Å². The van der Waals surface area contributed by atoms with Crippen LogP contribution in [0.1, 0.15) is 6.92 Å². The molecule has 0 radical (unpaired) electrons. The Hall–Kier alpha value is -1.19. The van der Waals surface area contributed by atoms with Crippen molar-refractivity contribution in [2.45, 2.75) is 11.8 Å². The summed E-state index contributed by atoms with van der Waals surface area (Å²) in [5, 5.41) is 2.44. The van der Waals surface area contributed by atoms with E-state index >= 15 is 0 Å². The monoisotopic (exact) mass is 353 g/mol. The number of amides is 1. The largest absolute Gasteiger partial charge is 0.398 e. The average molecular weight is 354 g/mol. The minimum atomic E-state index is -3.98. The molecular weight excluding hydrogens is 341 g/mol. The lowest BCUT2D eigenvalue weighted by molar-refractivity contribution is -0.119. The molecule has 0 aliphatic heterocycles. The molecule has 1 amide bonds. The number of carbonyl (C=O) groups excluding carboxylic acids is 1. The summed E-state index contributed by atoms with van der Waals surface area (Å²) in [4.78, 5) is 10.9. The van der Waals surface area contributed by atoms with E-state index in [-0.39, 0.29) is 15.1 Å². The van der Waals surface area contributed by atoms with Crippen LogP contribution in [0.25, 0.3) is 0 Å². The zero-order valence-corrected chi connectivity index (χ0v) is 12.4. The fourth-order valence-corrected chi connectivity index (χ4v) is 2.89. The first-order chi connectivity index (χ1) is 8.77. The maximum absolute atomic E-state index is 13.2. The molecule has 0 bridgehead atoms. The van der Waals surface area contributed by atoms with E-state index in [4.69, 9.17) is 5.73 Å². The molecule has 9 heteroatoms. The van der Waals surface area contributed by atoms with E-state index in [1.807, 2.05) is 0 Å². The highest BCUT2D eigenvalue weighted by Crippen LogP contribution is 2.25. The number of halogens is 2. The zero-order chi connectivity index (χ0) is 14.6. The van der Waals surface area contributed by atoms with Crippen LogP contribution >= 0.6 is 15.9 Å². The van der Waals surface area contributed by atoms with Gasteiger partial charge >= 0.3 is 0 Å². The Labute approximate surface area is 118 Å². The van der Waals surface area contributed by atoms with Gasteiger partial charge in [-0.3, -0.25) is 4.79 Å². The third-order valence-corrected chi connectivity index (χ3v) is 4.20. The molecule has 0 aliphatic rings. The Morgan fingerprint density at radius 2 is 2.11 bits per heavy atom. The van der Waals surface area contributed by atoms with Crippen LogP contribution in [0.4, 0.5) is 10.1 Å². The van der Waals surface area contributed by atoms with Crippen molar-refractivity contribution < 1.29 is 17.6 Å². The van der Waals surface area contributed by atoms with Gasteiger partial charge in [-0.25, -0.2) is 17.5 Å². The number of hydrogen-bond donors (Lipinski definition) is 3. The molecule has 106 valence electrons. The van der Waals surface area contributed by atoms with Crippen molar-refractivity contribution in [3.63, 3.8) is 0 Å². The Balaban J connectivity index is 2.95. The molecule has 0 fully saturated rings. The number of rotatable bonds is 5. The second-order valence-electron chi connectivity index (χ2n) is 3.58. The van der Waals surface area contributed by atoms with Crippen LogP contribution in [-0.4, -0.2) is 27.4 Å². The van der Waals surface area contributed by atoms with Gasteiger partial charge in [-0.2, -0.15) is 0 Å². The Morgan fingerprint density at radius 3 is 2.68 bits per heavy atom. The standard InChI is InChI=1S/C10H13BrFN3O3S/c1-2-14-10(16)5-15-19(17,18)9-3-6(11)7(12)4-8(9)13/h3-4,15H,2,5,13H2,1H3,(H,14,16). The van der Waals surface area contributed by atoms with Crippen LogP contribution in [0.2, 0.25) is 0 Å². The third-order valence-electron chi connectivity index (χ3n) is 2.14. The molecule has 0 atom stereocenters. The van der Waals surface area contributed by atoms with Gasteiger partial charge < -0.3 is 11.1 Å². The zero-order valence-electron chi connectivity index (χ0n) is 10.0. The van der Waals surface area contributed by atoms with Crippen molar-refractivity contribution in [3.05, 3.63) is 22.4 Å². The molecule has 0 spiro atoms. The fraction of sp³-hybridized carbons (Fsp3) is 0.300. The number of nitrogens with one attached hydrogen (secondary N) is 2. The number of nitrogens with two attached hydrogens (primary N) is 1. The summed E-state index contributed by atoms with van der Waals surface area (Å²) < 4.78 is 39.0. The number of carbonyl (C=O) groups is 1. The van der Waals surface area contributed by atoms with Gasteiger partial charge in [0.15, 0.2) is 0 Å². The average Bonchev–Trinajstić information content (AvgIpc) is 2.31. The molecule has 1 rings (SSSR count). The summed E-state index contributed by atoms with van der Waals surface area (Å²) >= 11 is 2.88. The van der Waals surface area contributed by atoms with E-state index < -0.39 is 28.3 Å². The number of anilines is 1.